The first-order chi connectivity index (χ1) is 15.9. The van der Waals surface area contributed by atoms with Crippen molar-refractivity contribution < 1.29 is 24.2 Å². The number of hydrogen-bond acceptors (Lipinski definition) is 6. The molecule has 5 rings (SSSR count). The molecule has 33 heavy (non-hydrogen) atoms. The molecule has 164 valence electrons. The van der Waals surface area contributed by atoms with Crippen LogP contribution in [0.25, 0.3) is 11.0 Å². The number of aromatic hydroxyl groups is 1. The number of pyridine rings is 1. The lowest BCUT2D eigenvalue weighted by Gasteiger charge is -2.26. The van der Waals surface area contributed by atoms with Crippen LogP contribution in [-0.2, 0) is 11.3 Å². The molecule has 1 aliphatic heterocycles. The number of ketones is 1. The quantitative estimate of drug-likeness (QED) is 0.367. The molecule has 0 fully saturated rings. The summed E-state index contributed by atoms with van der Waals surface area (Å²) in [5.74, 6) is -1.81. The smallest absolute Gasteiger partial charge is 0.290 e. The summed E-state index contributed by atoms with van der Waals surface area (Å²) in [6.45, 7) is 0.131. The highest BCUT2D eigenvalue weighted by Gasteiger charge is 2.44. The van der Waals surface area contributed by atoms with E-state index in [9.17, 15) is 19.8 Å². The van der Waals surface area contributed by atoms with E-state index in [0.717, 1.165) is 10.0 Å². The van der Waals surface area contributed by atoms with Gasteiger partial charge in [-0.1, -0.05) is 34.1 Å². The molecule has 0 aliphatic carbocycles. The second kappa shape index (κ2) is 8.22. The van der Waals surface area contributed by atoms with Crippen LogP contribution in [0.2, 0.25) is 0 Å². The summed E-state index contributed by atoms with van der Waals surface area (Å²) >= 11 is 3.39. The number of nitrogens with zero attached hydrogens (tertiary/aromatic N) is 2. The third-order valence-corrected chi connectivity index (χ3v) is 6.03. The number of aliphatic hydroxyl groups excluding tert-OH is 1. The van der Waals surface area contributed by atoms with Gasteiger partial charge in [0, 0.05) is 28.8 Å². The summed E-state index contributed by atoms with van der Waals surface area (Å²) in [5.41, 5.74) is 1.74. The molecule has 3 heterocycles. The molecule has 2 aromatic heterocycles. The van der Waals surface area contributed by atoms with Crippen molar-refractivity contribution in [3.63, 3.8) is 0 Å². The van der Waals surface area contributed by atoms with E-state index >= 15 is 0 Å². The average molecular weight is 505 g/mol. The Morgan fingerprint density at radius 2 is 1.88 bits per heavy atom. The van der Waals surface area contributed by atoms with Crippen molar-refractivity contribution in [1.29, 1.82) is 0 Å². The summed E-state index contributed by atoms with van der Waals surface area (Å²) in [5, 5.41) is 21.2. The third-order valence-electron chi connectivity index (χ3n) is 5.53. The maximum Gasteiger partial charge on any atom is 0.290 e. The molecule has 0 radical (unpaired) electrons. The van der Waals surface area contributed by atoms with Gasteiger partial charge in [-0.2, -0.15) is 0 Å². The lowest BCUT2D eigenvalue weighted by molar-refractivity contribution is -0.130. The number of phenolic OH excluding ortho intramolecular Hbond substituents is 1. The zero-order chi connectivity index (χ0) is 23.1. The van der Waals surface area contributed by atoms with Crippen molar-refractivity contribution in [1.82, 2.24) is 9.88 Å². The van der Waals surface area contributed by atoms with Gasteiger partial charge in [-0.05, 0) is 53.6 Å². The normalized spacial score (nSPS) is 16.1. The Hall–Kier alpha value is -3.91. The number of aromatic nitrogens is 1. The van der Waals surface area contributed by atoms with Crippen molar-refractivity contribution in [3.05, 3.63) is 106 Å². The molecule has 1 aliphatic rings. The molecule has 0 saturated heterocycles. The number of furan rings is 1. The van der Waals surface area contributed by atoms with Gasteiger partial charge in [0.05, 0.1) is 11.6 Å². The fourth-order valence-corrected chi connectivity index (χ4v) is 4.38. The van der Waals surface area contributed by atoms with E-state index in [4.69, 9.17) is 4.42 Å². The molecule has 1 unspecified atom stereocenters. The predicted molar refractivity (Wildman–Crippen MR) is 124 cm³/mol. The summed E-state index contributed by atoms with van der Waals surface area (Å²) in [7, 11) is 0. The van der Waals surface area contributed by atoms with Crippen LogP contribution < -0.4 is 0 Å². The van der Waals surface area contributed by atoms with Gasteiger partial charge in [-0.25, -0.2) is 0 Å². The molecular weight excluding hydrogens is 488 g/mol. The second-order valence-corrected chi connectivity index (χ2v) is 8.59. The second-order valence-electron chi connectivity index (χ2n) is 7.67. The highest BCUT2D eigenvalue weighted by atomic mass is 79.9. The highest BCUT2D eigenvalue weighted by Crippen LogP contribution is 2.41. The molecular formula is C25H17BrN2O5. The molecule has 0 bridgehead atoms. The zero-order valence-corrected chi connectivity index (χ0v) is 18.7. The summed E-state index contributed by atoms with van der Waals surface area (Å²) in [6.07, 6.45) is 3.24. The predicted octanol–water partition coefficient (Wildman–Crippen LogP) is 5.07. The molecule has 7 nitrogen and oxygen atoms in total. The van der Waals surface area contributed by atoms with Crippen LogP contribution in [0.15, 0.2) is 93.3 Å². The average Bonchev–Trinajstić information content (AvgIpc) is 3.34. The number of amides is 1. The van der Waals surface area contributed by atoms with Crippen LogP contribution in [-0.4, -0.2) is 31.8 Å². The molecule has 8 heteroatoms. The minimum Gasteiger partial charge on any atom is -0.508 e. The Labute approximate surface area is 196 Å². The fourth-order valence-electron chi connectivity index (χ4n) is 4.00. The number of carbonyl (C=O) groups is 2. The van der Waals surface area contributed by atoms with Gasteiger partial charge in [-0.3, -0.25) is 14.6 Å². The van der Waals surface area contributed by atoms with E-state index in [1.54, 1.807) is 48.8 Å². The number of carbonyl (C=O) groups excluding carboxylic acids is 2. The summed E-state index contributed by atoms with van der Waals surface area (Å²) < 4.78 is 6.57. The van der Waals surface area contributed by atoms with E-state index < -0.39 is 23.5 Å². The topological polar surface area (TPSA) is 104 Å². The van der Waals surface area contributed by atoms with Crippen LogP contribution in [0.4, 0.5) is 0 Å². The van der Waals surface area contributed by atoms with Crippen LogP contribution in [0.3, 0.4) is 0 Å². The molecule has 0 saturated carbocycles. The van der Waals surface area contributed by atoms with E-state index in [0.29, 0.717) is 16.5 Å². The maximum absolute atomic E-state index is 13.5. The first kappa shape index (κ1) is 21.0. The van der Waals surface area contributed by atoms with Crippen molar-refractivity contribution in [2.45, 2.75) is 12.6 Å². The largest absolute Gasteiger partial charge is 0.508 e. The Morgan fingerprint density at radius 1 is 1.09 bits per heavy atom. The lowest BCUT2D eigenvalue weighted by Crippen LogP contribution is -2.30. The number of halogens is 1. The summed E-state index contributed by atoms with van der Waals surface area (Å²) in [4.78, 5) is 32.1. The van der Waals surface area contributed by atoms with Gasteiger partial charge >= 0.3 is 0 Å². The van der Waals surface area contributed by atoms with Gasteiger partial charge in [0.15, 0.2) is 11.5 Å². The Kier molecular flexibility index (Phi) is 5.22. The number of fused-ring (bicyclic) bond motifs is 1. The lowest BCUT2D eigenvalue weighted by atomic mass is 9.94. The van der Waals surface area contributed by atoms with Crippen LogP contribution in [0, 0.1) is 0 Å². The van der Waals surface area contributed by atoms with Gasteiger partial charge in [-0.15, -0.1) is 0 Å². The summed E-state index contributed by atoms with van der Waals surface area (Å²) in [6, 6.07) is 15.8. The van der Waals surface area contributed by atoms with Gasteiger partial charge in [0.2, 0.25) is 5.78 Å². The first-order valence-corrected chi connectivity index (χ1v) is 10.9. The third kappa shape index (κ3) is 3.78. The first-order valence-electron chi connectivity index (χ1n) is 10.1. The van der Waals surface area contributed by atoms with E-state index in [-0.39, 0.29) is 23.6 Å². The van der Waals surface area contributed by atoms with E-state index in [1.807, 2.05) is 12.1 Å². The zero-order valence-electron chi connectivity index (χ0n) is 17.1. The minimum atomic E-state index is -0.870. The molecule has 0 spiro atoms. The molecule has 2 N–H and O–H groups in total. The SMILES string of the molecule is O=C(C1=C(O)C(=O)N(Cc2cccnc2)C1c1ccc(O)cc1)c1cc2cc(Br)ccc2o1. The standard InChI is InChI=1S/C25H17BrN2O5/c26-17-5-8-19-16(10-17)11-20(33-19)23(30)21-22(15-3-6-18(29)7-4-15)28(25(32)24(21)31)13-14-2-1-9-27-12-14/h1-12,22,29,31H,13H2. The van der Waals surface area contributed by atoms with Crippen LogP contribution in [0.5, 0.6) is 5.75 Å². The highest BCUT2D eigenvalue weighted by molar-refractivity contribution is 9.10. The number of Topliss-reactive ketones (excluding diaryl/α,β-unsaturated/α-hetero) is 1. The molecule has 1 amide bonds. The van der Waals surface area contributed by atoms with Crippen LogP contribution >= 0.6 is 15.9 Å². The van der Waals surface area contributed by atoms with Crippen molar-refractivity contribution in [3.8, 4) is 5.75 Å². The van der Waals surface area contributed by atoms with Gasteiger partial charge in [0.25, 0.3) is 5.91 Å². The number of aliphatic hydroxyl groups is 1. The number of benzene rings is 2. The molecule has 1 atom stereocenters. The minimum absolute atomic E-state index is 0.0180. The molecule has 2 aromatic carbocycles. The van der Waals surface area contributed by atoms with Crippen LogP contribution in [0.1, 0.15) is 27.7 Å². The number of phenols is 1. The van der Waals surface area contributed by atoms with Crippen molar-refractivity contribution in [2.24, 2.45) is 0 Å². The number of rotatable bonds is 5. The number of hydrogen-bond donors (Lipinski definition) is 2. The Balaban J connectivity index is 1.60. The van der Waals surface area contributed by atoms with Crippen molar-refractivity contribution in [2.75, 3.05) is 0 Å². The van der Waals surface area contributed by atoms with E-state index in [1.165, 1.54) is 17.0 Å². The maximum atomic E-state index is 13.5. The molecule has 4 aromatic rings. The van der Waals surface area contributed by atoms with E-state index in [2.05, 4.69) is 20.9 Å². The monoisotopic (exact) mass is 504 g/mol. The van der Waals surface area contributed by atoms with Crippen molar-refractivity contribution >= 4 is 38.6 Å². The van der Waals surface area contributed by atoms with Gasteiger partial charge in [0.1, 0.15) is 11.3 Å². The Bertz CT molecular complexity index is 1410. The van der Waals surface area contributed by atoms with Gasteiger partial charge < -0.3 is 19.5 Å². The fraction of sp³-hybridized carbons (Fsp3) is 0.0800. The Morgan fingerprint density at radius 3 is 2.61 bits per heavy atom.